The number of ether oxygens (including phenoxy) is 1. The Labute approximate surface area is 249 Å². The predicted octanol–water partition coefficient (Wildman–Crippen LogP) is 4.66. The number of hydrogen-bond acceptors (Lipinski definition) is 7. The number of amides is 1. The van der Waals surface area contributed by atoms with Gasteiger partial charge in [0.05, 0.1) is 12.7 Å². The van der Waals surface area contributed by atoms with E-state index in [-0.39, 0.29) is 18.6 Å². The van der Waals surface area contributed by atoms with Crippen LogP contribution in [-0.2, 0) is 17.8 Å². The van der Waals surface area contributed by atoms with Crippen molar-refractivity contribution < 1.29 is 14.6 Å². The molecule has 2 aromatic heterocycles. The molecular formula is C33H46N6O3. The fraction of sp³-hybridized carbons (Fsp3) is 0.424. The van der Waals surface area contributed by atoms with E-state index in [1.165, 1.54) is 32.7 Å². The van der Waals surface area contributed by atoms with E-state index in [0.29, 0.717) is 24.5 Å². The Kier molecular flexibility index (Phi) is 12.9. The highest BCUT2D eigenvalue weighted by atomic mass is 16.5. The molecule has 2 aliphatic carbocycles. The number of aliphatic imine (C=N–C) groups is 1. The quantitative estimate of drug-likeness (QED) is 0.121. The van der Waals surface area contributed by atoms with Crippen molar-refractivity contribution in [1.82, 2.24) is 20.6 Å². The lowest BCUT2D eigenvalue weighted by molar-refractivity contribution is -0.117. The second kappa shape index (κ2) is 16.6. The number of nitrogens with one attached hydrogen (secondary N) is 3. The van der Waals surface area contributed by atoms with Crippen molar-refractivity contribution in [2.45, 2.75) is 64.7 Å². The number of aliphatic hydroxyl groups is 1. The van der Waals surface area contributed by atoms with Crippen LogP contribution in [0.3, 0.4) is 0 Å². The predicted molar refractivity (Wildman–Crippen MR) is 172 cm³/mol. The smallest absolute Gasteiger partial charge is 0.247 e. The van der Waals surface area contributed by atoms with Gasteiger partial charge in [0.1, 0.15) is 11.4 Å². The average molecular weight is 575 g/mol. The Morgan fingerprint density at radius 3 is 2.57 bits per heavy atom. The topological polar surface area (TPSA) is 138 Å². The molecule has 0 radical (unpaired) electrons. The van der Waals surface area contributed by atoms with Crippen LogP contribution >= 0.6 is 0 Å². The normalized spacial score (nSPS) is 14.7. The second-order valence-corrected chi connectivity index (χ2v) is 10.7. The lowest BCUT2D eigenvalue weighted by Gasteiger charge is -2.15. The summed E-state index contributed by atoms with van der Waals surface area (Å²) >= 11 is 0. The van der Waals surface area contributed by atoms with Gasteiger partial charge in [-0.1, -0.05) is 12.1 Å². The fourth-order valence-corrected chi connectivity index (χ4v) is 4.33. The first kappa shape index (κ1) is 32.7. The van der Waals surface area contributed by atoms with Crippen molar-refractivity contribution in [2.75, 3.05) is 20.6 Å². The van der Waals surface area contributed by atoms with Crippen molar-refractivity contribution in [2.24, 2.45) is 16.6 Å². The molecule has 2 saturated carbocycles. The third-order valence-corrected chi connectivity index (χ3v) is 6.83. The van der Waals surface area contributed by atoms with E-state index in [4.69, 9.17) is 4.74 Å². The largest absolute Gasteiger partial charge is 0.491 e. The summed E-state index contributed by atoms with van der Waals surface area (Å²) in [4.78, 5) is 24.3. The van der Waals surface area contributed by atoms with Gasteiger partial charge in [0, 0.05) is 54.1 Å². The second-order valence-electron chi connectivity index (χ2n) is 10.7. The summed E-state index contributed by atoms with van der Waals surface area (Å²) in [5.41, 5.74) is 9.48. The van der Waals surface area contributed by atoms with E-state index in [9.17, 15) is 9.90 Å². The number of aromatic nitrogens is 2. The van der Waals surface area contributed by atoms with Crippen molar-refractivity contribution in [1.29, 1.82) is 0 Å². The SMILES string of the molecule is C=N/C=C\C=C(/Cc1cc(OC(C)C)cc(-c2c[nH]c3ncc(CO)cc23)c1)C(=O)NCC1CC1.CN.CNC1CC1. The zero-order valence-electron chi connectivity index (χ0n) is 25.3. The molecule has 0 aliphatic heterocycles. The minimum atomic E-state index is -0.0776. The highest BCUT2D eigenvalue weighted by Crippen LogP contribution is 2.33. The van der Waals surface area contributed by atoms with Crippen LogP contribution in [0, 0.1) is 5.92 Å². The van der Waals surface area contributed by atoms with Gasteiger partial charge in [0.15, 0.2) is 0 Å². The van der Waals surface area contributed by atoms with Gasteiger partial charge < -0.3 is 31.2 Å². The zero-order chi connectivity index (χ0) is 30.5. The molecule has 2 heterocycles. The van der Waals surface area contributed by atoms with Crippen molar-refractivity contribution in [3.63, 3.8) is 0 Å². The van der Waals surface area contributed by atoms with Crippen LogP contribution in [0.1, 0.15) is 50.7 Å². The summed E-state index contributed by atoms with van der Waals surface area (Å²) in [6.07, 6.45) is 14.2. The molecular weight excluding hydrogens is 528 g/mol. The van der Waals surface area contributed by atoms with E-state index in [0.717, 1.165) is 45.1 Å². The average Bonchev–Trinajstić information content (AvgIpc) is 3.94. The Morgan fingerprint density at radius 1 is 1.21 bits per heavy atom. The molecule has 2 fully saturated rings. The van der Waals surface area contributed by atoms with E-state index >= 15 is 0 Å². The molecule has 2 aliphatic rings. The molecule has 0 saturated heterocycles. The maximum Gasteiger partial charge on any atom is 0.247 e. The summed E-state index contributed by atoms with van der Waals surface area (Å²) in [5, 5.41) is 16.7. The zero-order valence-corrected chi connectivity index (χ0v) is 25.3. The number of aromatic amines is 1. The molecule has 1 amide bonds. The van der Waals surface area contributed by atoms with Gasteiger partial charge in [0.2, 0.25) is 5.91 Å². The van der Waals surface area contributed by atoms with Crippen LogP contribution in [0.25, 0.3) is 22.2 Å². The Balaban J connectivity index is 0.000000615. The van der Waals surface area contributed by atoms with Crippen molar-refractivity contribution in [3.8, 4) is 16.9 Å². The van der Waals surface area contributed by atoms with Gasteiger partial charge in [-0.3, -0.25) is 9.79 Å². The number of benzene rings is 1. The molecule has 0 bridgehead atoms. The molecule has 42 heavy (non-hydrogen) atoms. The summed E-state index contributed by atoms with van der Waals surface area (Å²) in [6, 6.07) is 8.87. The monoisotopic (exact) mass is 574 g/mol. The molecule has 0 unspecified atom stereocenters. The standard InChI is InChI=1S/C28H32N4O3.C4H9N.CH5N/c1-18(2)35-24-11-20(9-22(5-4-8-29-3)28(34)32-14-19-6-7-19)10-23(13-24)26-16-31-27-25(26)12-21(17-33)15-30-27;1-5-4-2-3-4;1-2/h4-5,8,10-13,15-16,18-19,33H,3,6-7,9,14,17H2,1-2H3,(H,30,31)(H,32,34);4-5H,2-3H2,1H3;2H2,1H3/b8-4-,22-5+;;. The van der Waals surface area contributed by atoms with Gasteiger partial charge in [-0.25, -0.2) is 4.98 Å². The number of nitrogens with two attached hydrogens (primary N) is 1. The lowest BCUT2D eigenvalue weighted by Crippen LogP contribution is -2.27. The van der Waals surface area contributed by atoms with E-state index in [2.05, 4.69) is 44.1 Å². The maximum absolute atomic E-state index is 13.0. The molecule has 3 aromatic rings. The molecule has 0 atom stereocenters. The number of rotatable bonds is 12. The van der Waals surface area contributed by atoms with Crippen LogP contribution in [0.2, 0.25) is 0 Å². The van der Waals surface area contributed by atoms with Gasteiger partial charge in [0.25, 0.3) is 0 Å². The van der Waals surface area contributed by atoms with Crippen LogP contribution in [0.5, 0.6) is 5.75 Å². The first-order valence-electron chi connectivity index (χ1n) is 14.6. The van der Waals surface area contributed by atoms with Crippen LogP contribution in [-0.4, -0.2) is 60.5 Å². The molecule has 226 valence electrons. The van der Waals surface area contributed by atoms with Crippen molar-refractivity contribution >= 4 is 23.7 Å². The number of carbonyl (C=O) groups excluding carboxylic acids is 1. The Morgan fingerprint density at radius 2 is 1.98 bits per heavy atom. The Hall–Kier alpha value is -3.79. The molecule has 9 nitrogen and oxygen atoms in total. The number of fused-ring (bicyclic) bond motifs is 1. The van der Waals surface area contributed by atoms with E-state index in [1.807, 2.05) is 45.3 Å². The third-order valence-electron chi connectivity index (χ3n) is 6.83. The first-order chi connectivity index (χ1) is 20.4. The molecule has 0 spiro atoms. The minimum absolute atomic E-state index is 0.00202. The van der Waals surface area contributed by atoms with Crippen molar-refractivity contribution in [3.05, 3.63) is 71.7 Å². The maximum atomic E-state index is 13.0. The van der Waals surface area contributed by atoms with E-state index in [1.54, 1.807) is 24.5 Å². The number of nitrogens with zero attached hydrogens (tertiary/aromatic N) is 2. The number of H-pyrrole nitrogens is 1. The van der Waals surface area contributed by atoms with E-state index < -0.39 is 0 Å². The van der Waals surface area contributed by atoms with Crippen LogP contribution in [0.15, 0.2) is 65.6 Å². The highest BCUT2D eigenvalue weighted by Gasteiger charge is 2.22. The minimum Gasteiger partial charge on any atom is -0.491 e. The fourth-order valence-electron chi connectivity index (χ4n) is 4.33. The summed E-state index contributed by atoms with van der Waals surface area (Å²) in [6.45, 7) is 8.06. The Bertz CT molecular complexity index is 1370. The number of carbonyl (C=O) groups is 1. The molecule has 5 rings (SSSR count). The summed E-state index contributed by atoms with van der Waals surface area (Å²) in [7, 11) is 3.51. The van der Waals surface area contributed by atoms with Gasteiger partial charge in [-0.2, -0.15) is 0 Å². The molecule has 6 N–H and O–H groups in total. The summed E-state index contributed by atoms with van der Waals surface area (Å²) < 4.78 is 6.06. The van der Waals surface area contributed by atoms with Crippen LogP contribution in [0.4, 0.5) is 0 Å². The number of allylic oxidation sites excluding steroid dienone is 2. The number of hydrogen-bond donors (Lipinski definition) is 5. The third kappa shape index (κ3) is 10.2. The summed E-state index contributed by atoms with van der Waals surface area (Å²) in [5.74, 6) is 1.25. The first-order valence-corrected chi connectivity index (χ1v) is 14.6. The van der Waals surface area contributed by atoms with Gasteiger partial charge in [-0.05, 0) is 107 Å². The van der Waals surface area contributed by atoms with Crippen LogP contribution < -0.4 is 21.1 Å². The highest BCUT2D eigenvalue weighted by molar-refractivity contribution is 5.95. The number of aliphatic hydroxyl groups excluding tert-OH is 1. The lowest BCUT2D eigenvalue weighted by atomic mass is 9.97. The van der Waals surface area contributed by atoms with Gasteiger partial charge >= 0.3 is 0 Å². The van der Waals surface area contributed by atoms with Gasteiger partial charge in [-0.15, -0.1) is 0 Å². The molecule has 1 aromatic carbocycles. The molecule has 9 heteroatoms. The number of pyridine rings is 1.